The molecule has 0 saturated carbocycles. The highest BCUT2D eigenvalue weighted by Gasteiger charge is 2.17. The van der Waals surface area contributed by atoms with Crippen LogP contribution in [0.5, 0.6) is 0 Å². The molecular weight excluding hydrogens is 275 g/mol. The van der Waals surface area contributed by atoms with Gasteiger partial charge in [-0.3, -0.25) is 0 Å². The highest BCUT2D eigenvalue weighted by molar-refractivity contribution is 7.19. The van der Waals surface area contributed by atoms with Crippen molar-refractivity contribution in [2.45, 2.75) is 25.9 Å². The Kier molecular flexibility index (Phi) is 3.50. The zero-order valence-corrected chi connectivity index (χ0v) is 11.9. The minimum Gasteiger partial charge on any atom is -0.318 e. The number of fused-ring (bicyclic) bond motifs is 1. The molecule has 1 atom stereocenters. The summed E-state index contributed by atoms with van der Waals surface area (Å²) in [6, 6.07) is 6.51. The highest BCUT2D eigenvalue weighted by Crippen LogP contribution is 2.32. The van der Waals surface area contributed by atoms with E-state index in [0.29, 0.717) is 0 Å². The smallest absolute Gasteiger partial charge is 0.124 e. The first-order valence-electron chi connectivity index (χ1n) is 6.52. The summed E-state index contributed by atoms with van der Waals surface area (Å²) in [5, 5.41) is 9.00. The number of rotatable bonds is 4. The lowest BCUT2D eigenvalue weighted by molar-refractivity contribution is 0.545. The van der Waals surface area contributed by atoms with E-state index in [1.807, 2.05) is 10.7 Å². The molecule has 0 aliphatic heterocycles. The SMILES string of the molecule is CCCn1nncc1C(N)c1cc2ccc(F)cc2s1. The summed E-state index contributed by atoms with van der Waals surface area (Å²) in [5.74, 6) is -0.225. The minimum absolute atomic E-state index is 0.225. The average molecular weight is 290 g/mol. The lowest BCUT2D eigenvalue weighted by atomic mass is 10.1. The maximum absolute atomic E-state index is 13.2. The Morgan fingerprint density at radius 2 is 2.25 bits per heavy atom. The number of halogens is 1. The third kappa shape index (κ3) is 2.32. The van der Waals surface area contributed by atoms with Crippen LogP contribution in [0.25, 0.3) is 10.1 Å². The molecule has 3 rings (SSSR count). The minimum atomic E-state index is -0.281. The number of thiophene rings is 1. The van der Waals surface area contributed by atoms with Crippen LogP contribution < -0.4 is 5.73 Å². The van der Waals surface area contributed by atoms with Crippen LogP contribution in [-0.4, -0.2) is 15.0 Å². The van der Waals surface area contributed by atoms with Gasteiger partial charge in [0.05, 0.1) is 17.9 Å². The van der Waals surface area contributed by atoms with E-state index < -0.39 is 0 Å². The van der Waals surface area contributed by atoms with Crippen LogP contribution in [0, 0.1) is 5.82 Å². The molecular formula is C14H15FN4S. The largest absolute Gasteiger partial charge is 0.318 e. The van der Waals surface area contributed by atoms with Crippen molar-refractivity contribution in [3.63, 3.8) is 0 Å². The topological polar surface area (TPSA) is 56.7 Å². The van der Waals surface area contributed by atoms with Crippen molar-refractivity contribution in [1.82, 2.24) is 15.0 Å². The van der Waals surface area contributed by atoms with E-state index in [9.17, 15) is 4.39 Å². The summed E-state index contributed by atoms with van der Waals surface area (Å²) < 4.78 is 16.0. The van der Waals surface area contributed by atoms with Gasteiger partial charge < -0.3 is 5.73 Å². The molecule has 104 valence electrons. The summed E-state index contributed by atoms with van der Waals surface area (Å²) in [4.78, 5) is 0.991. The molecule has 20 heavy (non-hydrogen) atoms. The molecule has 2 heterocycles. The molecule has 2 aromatic heterocycles. The van der Waals surface area contributed by atoms with Crippen molar-refractivity contribution in [2.75, 3.05) is 0 Å². The molecule has 1 aromatic carbocycles. The lowest BCUT2D eigenvalue weighted by Gasteiger charge is -2.10. The van der Waals surface area contributed by atoms with E-state index in [-0.39, 0.29) is 11.9 Å². The summed E-state index contributed by atoms with van der Waals surface area (Å²) in [6.45, 7) is 2.88. The molecule has 3 aromatic rings. The Bertz CT molecular complexity index is 734. The summed E-state index contributed by atoms with van der Waals surface area (Å²) in [5.41, 5.74) is 7.20. The first-order chi connectivity index (χ1) is 9.69. The summed E-state index contributed by atoms with van der Waals surface area (Å²) in [7, 11) is 0. The van der Waals surface area contributed by atoms with Gasteiger partial charge in [0, 0.05) is 16.1 Å². The Morgan fingerprint density at radius 1 is 1.40 bits per heavy atom. The predicted molar refractivity (Wildman–Crippen MR) is 78.1 cm³/mol. The Morgan fingerprint density at radius 3 is 3.05 bits per heavy atom. The van der Waals surface area contributed by atoms with Gasteiger partial charge in [0.1, 0.15) is 5.82 Å². The second-order valence-electron chi connectivity index (χ2n) is 4.69. The first-order valence-corrected chi connectivity index (χ1v) is 7.33. The molecule has 0 amide bonds. The monoisotopic (exact) mass is 290 g/mol. The van der Waals surface area contributed by atoms with Crippen LogP contribution in [0.15, 0.2) is 30.5 Å². The molecule has 1 unspecified atom stereocenters. The van der Waals surface area contributed by atoms with Crippen molar-refractivity contribution < 1.29 is 4.39 Å². The highest BCUT2D eigenvalue weighted by atomic mass is 32.1. The van der Waals surface area contributed by atoms with Crippen LogP contribution in [0.4, 0.5) is 4.39 Å². The Balaban J connectivity index is 1.99. The quantitative estimate of drug-likeness (QED) is 0.803. The van der Waals surface area contributed by atoms with Gasteiger partial charge in [0.25, 0.3) is 0 Å². The van der Waals surface area contributed by atoms with Crippen LogP contribution in [-0.2, 0) is 6.54 Å². The van der Waals surface area contributed by atoms with E-state index in [2.05, 4.69) is 17.2 Å². The molecule has 6 heteroatoms. The van der Waals surface area contributed by atoms with Crippen molar-refractivity contribution >= 4 is 21.4 Å². The molecule has 0 radical (unpaired) electrons. The number of hydrogen-bond acceptors (Lipinski definition) is 4. The summed E-state index contributed by atoms with van der Waals surface area (Å²) in [6.07, 6.45) is 2.67. The number of hydrogen-bond donors (Lipinski definition) is 1. The molecule has 4 nitrogen and oxygen atoms in total. The van der Waals surface area contributed by atoms with Crippen molar-refractivity contribution in [2.24, 2.45) is 5.73 Å². The maximum Gasteiger partial charge on any atom is 0.124 e. The van der Waals surface area contributed by atoms with E-state index in [0.717, 1.165) is 33.6 Å². The van der Waals surface area contributed by atoms with Crippen LogP contribution in [0.1, 0.15) is 30.0 Å². The third-order valence-corrected chi connectivity index (χ3v) is 4.39. The second kappa shape index (κ2) is 5.30. The van der Waals surface area contributed by atoms with Crippen molar-refractivity contribution in [3.05, 3.63) is 46.9 Å². The number of nitrogens with two attached hydrogens (primary N) is 1. The number of benzene rings is 1. The zero-order chi connectivity index (χ0) is 14.1. The Hall–Kier alpha value is -1.79. The van der Waals surface area contributed by atoms with E-state index >= 15 is 0 Å². The Labute approximate surface area is 120 Å². The fraction of sp³-hybridized carbons (Fsp3) is 0.286. The van der Waals surface area contributed by atoms with E-state index in [1.165, 1.54) is 23.5 Å². The molecule has 0 aliphatic rings. The van der Waals surface area contributed by atoms with Gasteiger partial charge in [-0.25, -0.2) is 9.07 Å². The number of nitrogens with zero attached hydrogens (tertiary/aromatic N) is 3. The molecule has 0 bridgehead atoms. The summed E-state index contributed by atoms with van der Waals surface area (Å²) >= 11 is 1.51. The molecule has 0 aliphatic carbocycles. The van der Waals surface area contributed by atoms with Crippen molar-refractivity contribution in [3.8, 4) is 0 Å². The standard InChI is InChI=1S/C14H15FN4S/c1-2-5-19-11(8-17-18-19)14(16)13-6-9-3-4-10(15)7-12(9)20-13/h3-4,6-8,14H,2,5,16H2,1H3. The normalized spacial score (nSPS) is 12.9. The predicted octanol–water partition coefficient (Wildman–Crippen LogP) is 3.09. The first kappa shape index (κ1) is 13.2. The maximum atomic E-state index is 13.2. The van der Waals surface area contributed by atoms with Gasteiger partial charge in [-0.05, 0) is 30.0 Å². The van der Waals surface area contributed by atoms with E-state index in [1.54, 1.807) is 12.3 Å². The number of aromatic nitrogens is 3. The average Bonchev–Trinajstić information content (AvgIpc) is 3.04. The van der Waals surface area contributed by atoms with Gasteiger partial charge in [-0.1, -0.05) is 18.2 Å². The van der Waals surface area contributed by atoms with Gasteiger partial charge >= 0.3 is 0 Å². The van der Waals surface area contributed by atoms with Crippen LogP contribution in [0.2, 0.25) is 0 Å². The number of aryl methyl sites for hydroxylation is 1. The molecule has 2 N–H and O–H groups in total. The molecule has 0 fully saturated rings. The fourth-order valence-corrected chi connectivity index (χ4v) is 3.32. The van der Waals surface area contributed by atoms with Crippen LogP contribution in [0.3, 0.4) is 0 Å². The van der Waals surface area contributed by atoms with Crippen molar-refractivity contribution in [1.29, 1.82) is 0 Å². The third-order valence-electron chi connectivity index (χ3n) is 3.21. The van der Waals surface area contributed by atoms with E-state index in [4.69, 9.17) is 5.73 Å². The van der Waals surface area contributed by atoms with Gasteiger partial charge in [0.2, 0.25) is 0 Å². The van der Waals surface area contributed by atoms with Crippen LogP contribution >= 0.6 is 11.3 Å². The van der Waals surface area contributed by atoms with Gasteiger partial charge in [-0.2, -0.15) is 0 Å². The molecule has 0 saturated heterocycles. The second-order valence-corrected chi connectivity index (χ2v) is 5.81. The fourth-order valence-electron chi connectivity index (χ4n) is 2.22. The lowest BCUT2D eigenvalue weighted by Crippen LogP contribution is -2.16. The van der Waals surface area contributed by atoms with Gasteiger partial charge in [0.15, 0.2) is 0 Å². The zero-order valence-electron chi connectivity index (χ0n) is 11.1. The molecule has 0 spiro atoms. The van der Waals surface area contributed by atoms with Gasteiger partial charge in [-0.15, -0.1) is 16.4 Å².